The first-order chi connectivity index (χ1) is 7.26. The fourth-order valence-corrected chi connectivity index (χ4v) is 1.77. The van der Waals surface area contributed by atoms with Crippen molar-refractivity contribution in [2.45, 2.75) is 12.7 Å². The topological polar surface area (TPSA) is 20.2 Å². The van der Waals surface area contributed by atoms with Gasteiger partial charge in [-0.25, -0.2) is 4.39 Å². The van der Waals surface area contributed by atoms with E-state index in [1.165, 1.54) is 12.1 Å². The van der Waals surface area contributed by atoms with Crippen LogP contribution in [0.2, 0.25) is 0 Å². The van der Waals surface area contributed by atoms with Gasteiger partial charge in [0.25, 0.3) is 0 Å². The maximum atomic E-state index is 13.1. The van der Waals surface area contributed by atoms with Gasteiger partial charge in [0.15, 0.2) is 0 Å². The molecule has 0 aliphatic carbocycles. The van der Waals surface area contributed by atoms with Crippen LogP contribution in [0.3, 0.4) is 0 Å². The van der Waals surface area contributed by atoms with Gasteiger partial charge >= 0.3 is 0 Å². The van der Waals surface area contributed by atoms with E-state index in [0.29, 0.717) is 5.56 Å². The summed E-state index contributed by atoms with van der Waals surface area (Å²) < 4.78 is 13.1. The van der Waals surface area contributed by atoms with Crippen molar-refractivity contribution in [2.75, 3.05) is 12.4 Å². The van der Waals surface area contributed by atoms with Crippen molar-refractivity contribution in [1.82, 2.24) is 0 Å². The zero-order valence-corrected chi connectivity index (χ0v) is 9.40. The number of rotatable bonds is 3. The number of hydrogen-bond donors (Lipinski definition) is 1. The van der Waals surface area contributed by atoms with E-state index in [0.717, 1.165) is 17.1 Å². The Kier molecular flexibility index (Phi) is 5.23. The molecule has 0 aliphatic rings. The molecule has 0 saturated heterocycles. The van der Waals surface area contributed by atoms with E-state index < -0.39 is 0 Å². The van der Waals surface area contributed by atoms with Gasteiger partial charge in [0.1, 0.15) is 12.4 Å². The van der Waals surface area contributed by atoms with Gasteiger partial charge in [0.2, 0.25) is 0 Å². The van der Waals surface area contributed by atoms with E-state index in [1.54, 1.807) is 11.8 Å². The van der Waals surface area contributed by atoms with Crippen LogP contribution in [0.25, 0.3) is 0 Å². The van der Waals surface area contributed by atoms with Crippen LogP contribution in [0.5, 0.6) is 0 Å². The second kappa shape index (κ2) is 6.49. The van der Waals surface area contributed by atoms with Crippen LogP contribution in [0.15, 0.2) is 18.2 Å². The first-order valence-corrected chi connectivity index (χ1v) is 5.88. The Labute approximate surface area is 93.7 Å². The van der Waals surface area contributed by atoms with Gasteiger partial charge < -0.3 is 5.11 Å². The van der Waals surface area contributed by atoms with Crippen molar-refractivity contribution in [3.63, 3.8) is 0 Å². The van der Waals surface area contributed by atoms with Crippen LogP contribution in [0.4, 0.5) is 4.39 Å². The normalized spacial score (nSPS) is 9.53. The Morgan fingerprint density at radius 1 is 1.40 bits per heavy atom. The van der Waals surface area contributed by atoms with E-state index in [2.05, 4.69) is 18.8 Å². The third kappa shape index (κ3) is 4.37. The number of hydrogen-bond acceptors (Lipinski definition) is 2. The van der Waals surface area contributed by atoms with E-state index in [-0.39, 0.29) is 12.4 Å². The smallest absolute Gasteiger partial charge is 0.124 e. The number of benzene rings is 1. The molecule has 1 aromatic rings. The summed E-state index contributed by atoms with van der Waals surface area (Å²) >= 11 is 1.74. The number of aliphatic hydroxyl groups excluding tert-OH is 1. The Hall–Kier alpha value is -0.980. The van der Waals surface area contributed by atoms with Gasteiger partial charge in [-0.1, -0.05) is 18.8 Å². The molecule has 0 spiro atoms. The molecule has 0 aliphatic heterocycles. The molecule has 0 aromatic heterocycles. The molecule has 1 nitrogen and oxygen atoms in total. The van der Waals surface area contributed by atoms with Crippen molar-refractivity contribution in [1.29, 1.82) is 0 Å². The monoisotopic (exact) mass is 224 g/mol. The largest absolute Gasteiger partial charge is 0.384 e. The van der Waals surface area contributed by atoms with Gasteiger partial charge in [0.05, 0.1) is 0 Å². The summed E-state index contributed by atoms with van der Waals surface area (Å²) in [4.78, 5) is 0. The highest BCUT2D eigenvalue weighted by Crippen LogP contribution is 2.15. The molecule has 1 rings (SSSR count). The average molecular weight is 224 g/mol. The standard InChI is InChI=1S/C12H13FOS/c1-2-15-9-11-6-10(4-3-5-14)7-12(13)8-11/h6-8,14H,2,5,9H2,1H3. The van der Waals surface area contributed by atoms with Gasteiger partial charge in [-0.2, -0.15) is 11.8 Å². The summed E-state index contributed by atoms with van der Waals surface area (Å²) in [5.41, 5.74) is 1.56. The number of aliphatic hydroxyl groups is 1. The molecule has 0 atom stereocenters. The molecule has 0 amide bonds. The van der Waals surface area contributed by atoms with Crippen LogP contribution >= 0.6 is 11.8 Å². The van der Waals surface area contributed by atoms with E-state index in [4.69, 9.17) is 5.11 Å². The molecule has 80 valence electrons. The Bertz CT molecular complexity index is 379. The van der Waals surface area contributed by atoms with Crippen molar-refractivity contribution < 1.29 is 9.50 Å². The predicted molar refractivity (Wildman–Crippen MR) is 62.2 cm³/mol. The van der Waals surface area contributed by atoms with Gasteiger partial charge in [-0.05, 0) is 29.5 Å². The van der Waals surface area contributed by atoms with Gasteiger partial charge in [0, 0.05) is 11.3 Å². The van der Waals surface area contributed by atoms with Crippen LogP contribution < -0.4 is 0 Å². The van der Waals surface area contributed by atoms with Crippen LogP contribution in [-0.4, -0.2) is 17.5 Å². The summed E-state index contributed by atoms with van der Waals surface area (Å²) in [6.45, 7) is 1.87. The van der Waals surface area contributed by atoms with Crippen molar-refractivity contribution in [2.24, 2.45) is 0 Å². The summed E-state index contributed by atoms with van der Waals surface area (Å²) in [7, 11) is 0. The van der Waals surface area contributed by atoms with Crippen molar-refractivity contribution >= 4 is 11.8 Å². The molecule has 0 fully saturated rings. The van der Waals surface area contributed by atoms with Gasteiger partial charge in [-0.3, -0.25) is 0 Å². The maximum Gasteiger partial charge on any atom is 0.124 e. The summed E-state index contributed by atoms with van der Waals surface area (Å²) in [6, 6.07) is 4.75. The molecule has 1 N–H and O–H groups in total. The Balaban J connectivity index is 2.84. The van der Waals surface area contributed by atoms with Crippen LogP contribution in [-0.2, 0) is 5.75 Å². The number of halogens is 1. The molecule has 0 saturated carbocycles. The lowest BCUT2D eigenvalue weighted by Gasteiger charge is -2.01. The molecule has 15 heavy (non-hydrogen) atoms. The Morgan fingerprint density at radius 2 is 2.20 bits per heavy atom. The third-order valence-corrected chi connectivity index (χ3v) is 2.69. The SMILES string of the molecule is CCSCc1cc(F)cc(C#CCO)c1. The lowest BCUT2D eigenvalue weighted by molar-refractivity contribution is 0.350. The molecule has 0 unspecified atom stereocenters. The highest BCUT2D eigenvalue weighted by molar-refractivity contribution is 7.98. The van der Waals surface area contributed by atoms with E-state index >= 15 is 0 Å². The molecule has 0 radical (unpaired) electrons. The fourth-order valence-electron chi connectivity index (χ4n) is 1.17. The third-order valence-electron chi connectivity index (χ3n) is 1.74. The first kappa shape index (κ1) is 12.1. The average Bonchev–Trinajstić information content (AvgIpc) is 2.23. The van der Waals surface area contributed by atoms with E-state index in [1.807, 2.05) is 6.07 Å². The lowest BCUT2D eigenvalue weighted by Crippen LogP contribution is -1.87. The zero-order chi connectivity index (χ0) is 11.1. The minimum absolute atomic E-state index is 0.199. The molecule has 0 bridgehead atoms. The Morgan fingerprint density at radius 3 is 2.87 bits per heavy atom. The summed E-state index contributed by atoms with van der Waals surface area (Å²) in [5, 5.41) is 8.54. The minimum Gasteiger partial charge on any atom is -0.384 e. The lowest BCUT2D eigenvalue weighted by atomic mass is 10.1. The van der Waals surface area contributed by atoms with Crippen LogP contribution in [0.1, 0.15) is 18.1 Å². The van der Waals surface area contributed by atoms with Crippen molar-refractivity contribution in [3.05, 3.63) is 35.1 Å². The van der Waals surface area contributed by atoms with Crippen LogP contribution in [0, 0.1) is 17.7 Å². The fraction of sp³-hybridized carbons (Fsp3) is 0.333. The summed E-state index contributed by atoms with van der Waals surface area (Å²) in [6.07, 6.45) is 0. The quantitative estimate of drug-likeness (QED) is 0.796. The second-order valence-corrected chi connectivity index (χ2v) is 4.22. The molecular weight excluding hydrogens is 211 g/mol. The van der Waals surface area contributed by atoms with Crippen molar-refractivity contribution in [3.8, 4) is 11.8 Å². The summed E-state index contributed by atoms with van der Waals surface area (Å²) in [5.74, 6) is 6.74. The van der Waals surface area contributed by atoms with E-state index in [9.17, 15) is 4.39 Å². The zero-order valence-electron chi connectivity index (χ0n) is 8.59. The highest BCUT2D eigenvalue weighted by atomic mass is 32.2. The minimum atomic E-state index is -0.272. The van der Waals surface area contributed by atoms with Gasteiger partial charge in [-0.15, -0.1) is 0 Å². The molecular formula is C12H13FOS. The first-order valence-electron chi connectivity index (χ1n) is 4.73. The molecule has 1 aromatic carbocycles. The molecule has 3 heteroatoms. The maximum absolute atomic E-state index is 13.1. The number of thioether (sulfide) groups is 1. The molecule has 0 heterocycles. The highest BCUT2D eigenvalue weighted by Gasteiger charge is 1.99. The second-order valence-electron chi connectivity index (χ2n) is 2.95. The predicted octanol–water partition coefficient (Wildman–Crippen LogP) is 2.42.